The summed E-state index contributed by atoms with van der Waals surface area (Å²) < 4.78 is 0. The maximum atomic E-state index is 9.82. The molecule has 1 saturated heterocycles. The second kappa shape index (κ2) is 4.66. The van der Waals surface area contributed by atoms with Gasteiger partial charge in [-0.3, -0.25) is 4.90 Å². The molecule has 3 atom stereocenters. The summed E-state index contributed by atoms with van der Waals surface area (Å²) in [7, 11) is 0. The second-order valence-electron chi connectivity index (χ2n) is 6.54. The highest BCUT2D eigenvalue weighted by atomic mass is 16.3. The lowest BCUT2D eigenvalue weighted by Gasteiger charge is -2.43. The van der Waals surface area contributed by atoms with E-state index in [0.29, 0.717) is 0 Å². The summed E-state index contributed by atoms with van der Waals surface area (Å²) >= 11 is 0. The smallest absolute Gasteiger partial charge is 0.0575 e. The van der Waals surface area contributed by atoms with E-state index in [9.17, 15) is 5.11 Å². The molecular weight excluding hydrogens is 198 g/mol. The van der Waals surface area contributed by atoms with Gasteiger partial charge in [0, 0.05) is 18.0 Å². The van der Waals surface area contributed by atoms with Crippen molar-refractivity contribution in [3.63, 3.8) is 0 Å². The molecule has 0 radical (unpaired) electrons. The molecule has 0 aromatic carbocycles. The van der Waals surface area contributed by atoms with Crippen molar-refractivity contribution in [3.05, 3.63) is 0 Å². The summed E-state index contributed by atoms with van der Waals surface area (Å²) in [6.07, 6.45) is 6.83. The van der Waals surface area contributed by atoms with Gasteiger partial charge in [-0.15, -0.1) is 0 Å². The fraction of sp³-hybridized carbons (Fsp3) is 1.00. The number of hydrogen-bond acceptors (Lipinski definition) is 2. The number of hydrogen-bond donors (Lipinski definition) is 1. The van der Waals surface area contributed by atoms with Crippen LogP contribution in [0.4, 0.5) is 0 Å². The molecule has 16 heavy (non-hydrogen) atoms. The van der Waals surface area contributed by atoms with Crippen molar-refractivity contribution >= 4 is 0 Å². The zero-order valence-corrected chi connectivity index (χ0v) is 11.1. The van der Waals surface area contributed by atoms with Gasteiger partial charge in [0.25, 0.3) is 0 Å². The van der Waals surface area contributed by atoms with Crippen LogP contribution in [0.5, 0.6) is 0 Å². The molecule has 2 heteroatoms. The molecule has 0 amide bonds. The molecule has 0 aromatic heterocycles. The van der Waals surface area contributed by atoms with Crippen molar-refractivity contribution in [1.82, 2.24) is 4.90 Å². The van der Waals surface area contributed by atoms with Crippen molar-refractivity contribution in [1.29, 1.82) is 0 Å². The maximum Gasteiger partial charge on any atom is 0.0575 e. The molecular formula is C14H27NO. The monoisotopic (exact) mass is 225 g/mol. The van der Waals surface area contributed by atoms with Crippen LogP contribution in [0.25, 0.3) is 0 Å². The summed E-state index contributed by atoms with van der Waals surface area (Å²) in [5.41, 5.74) is 0.0322. The molecule has 0 aromatic rings. The third-order valence-electron chi connectivity index (χ3n) is 4.85. The van der Waals surface area contributed by atoms with Crippen LogP contribution in [0, 0.1) is 11.3 Å². The molecule has 3 unspecified atom stereocenters. The van der Waals surface area contributed by atoms with Crippen LogP contribution in [0.15, 0.2) is 0 Å². The first-order valence-corrected chi connectivity index (χ1v) is 6.93. The molecule has 0 bridgehead atoms. The lowest BCUT2D eigenvalue weighted by molar-refractivity contribution is 0.00423. The maximum absolute atomic E-state index is 9.82. The number of piperidine rings is 1. The largest absolute Gasteiger partial charge is 0.393 e. The molecule has 1 saturated carbocycles. The first-order valence-electron chi connectivity index (χ1n) is 6.93. The third-order valence-corrected chi connectivity index (χ3v) is 4.85. The van der Waals surface area contributed by atoms with Crippen LogP contribution < -0.4 is 0 Å². The number of aliphatic hydroxyl groups excluding tert-OH is 1. The molecule has 1 N–H and O–H groups in total. The normalized spacial score (nSPS) is 33.8. The van der Waals surface area contributed by atoms with Crippen LogP contribution in [0.1, 0.15) is 52.9 Å². The lowest BCUT2D eigenvalue weighted by Crippen LogP contribution is -2.49. The molecule has 2 fully saturated rings. The minimum absolute atomic E-state index is 0.0322. The number of aliphatic hydroxyl groups is 1. The van der Waals surface area contributed by atoms with E-state index in [1.54, 1.807) is 0 Å². The van der Waals surface area contributed by atoms with Crippen LogP contribution >= 0.6 is 0 Å². The fourth-order valence-corrected chi connectivity index (χ4v) is 3.41. The third kappa shape index (κ3) is 2.43. The Balaban J connectivity index is 1.98. The minimum Gasteiger partial charge on any atom is -0.393 e. The van der Waals surface area contributed by atoms with Gasteiger partial charge in [0.2, 0.25) is 0 Å². The number of rotatable bonds is 3. The summed E-state index contributed by atoms with van der Waals surface area (Å²) in [5, 5.41) is 9.82. The SMILES string of the molecule is CC(O)C(C)(C)CN1CCCC2CCCC21. The molecule has 1 aliphatic heterocycles. The number of fused-ring (bicyclic) bond motifs is 1. The van der Waals surface area contributed by atoms with E-state index < -0.39 is 0 Å². The van der Waals surface area contributed by atoms with Crippen LogP contribution in [0.3, 0.4) is 0 Å². The Labute approximate surface area is 100 Å². The fourth-order valence-electron chi connectivity index (χ4n) is 3.41. The average molecular weight is 225 g/mol. The van der Waals surface area contributed by atoms with Crippen molar-refractivity contribution in [2.75, 3.05) is 13.1 Å². The van der Waals surface area contributed by atoms with Crippen LogP contribution in [-0.2, 0) is 0 Å². The average Bonchev–Trinajstić information content (AvgIpc) is 2.65. The minimum atomic E-state index is -0.214. The Morgan fingerprint density at radius 1 is 1.25 bits per heavy atom. The molecule has 1 heterocycles. The second-order valence-corrected chi connectivity index (χ2v) is 6.54. The van der Waals surface area contributed by atoms with E-state index in [1.165, 1.54) is 38.6 Å². The quantitative estimate of drug-likeness (QED) is 0.798. The van der Waals surface area contributed by atoms with Gasteiger partial charge in [-0.2, -0.15) is 0 Å². The predicted molar refractivity (Wildman–Crippen MR) is 67.4 cm³/mol. The van der Waals surface area contributed by atoms with E-state index >= 15 is 0 Å². The van der Waals surface area contributed by atoms with Gasteiger partial charge in [-0.05, 0) is 45.1 Å². The Hall–Kier alpha value is -0.0800. The van der Waals surface area contributed by atoms with E-state index in [2.05, 4.69) is 18.7 Å². The van der Waals surface area contributed by atoms with E-state index in [0.717, 1.165) is 18.5 Å². The van der Waals surface area contributed by atoms with Gasteiger partial charge in [0.15, 0.2) is 0 Å². The summed E-state index contributed by atoms with van der Waals surface area (Å²) in [4.78, 5) is 2.66. The van der Waals surface area contributed by atoms with Gasteiger partial charge in [-0.1, -0.05) is 20.3 Å². The van der Waals surface area contributed by atoms with Gasteiger partial charge >= 0.3 is 0 Å². The Morgan fingerprint density at radius 3 is 2.62 bits per heavy atom. The predicted octanol–water partition coefficient (Wildman–Crippen LogP) is 2.66. The standard InChI is InChI=1S/C14H27NO/c1-11(16)14(2,3)10-15-9-5-7-12-6-4-8-13(12)15/h11-13,16H,4-10H2,1-3H3. The highest BCUT2D eigenvalue weighted by Crippen LogP contribution is 2.38. The Morgan fingerprint density at radius 2 is 1.94 bits per heavy atom. The Kier molecular flexibility index (Phi) is 3.60. The van der Waals surface area contributed by atoms with E-state index in [1.807, 2.05) is 6.92 Å². The van der Waals surface area contributed by atoms with E-state index in [-0.39, 0.29) is 11.5 Å². The zero-order chi connectivity index (χ0) is 11.8. The van der Waals surface area contributed by atoms with Gasteiger partial charge < -0.3 is 5.11 Å². The van der Waals surface area contributed by atoms with Crippen LogP contribution in [0.2, 0.25) is 0 Å². The molecule has 1 aliphatic carbocycles. The van der Waals surface area contributed by atoms with Gasteiger partial charge in [0.05, 0.1) is 6.10 Å². The van der Waals surface area contributed by atoms with Crippen molar-refractivity contribution < 1.29 is 5.11 Å². The molecule has 2 nitrogen and oxygen atoms in total. The number of nitrogens with zero attached hydrogens (tertiary/aromatic N) is 1. The topological polar surface area (TPSA) is 23.5 Å². The molecule has 2 aliphatic rings. The van der Waals surface area contributed by atoms with Crippen molar-refractivity contribution in [2.45, 2.75) is 65.0 Å². The lowest BCUT2D eigenvalue weighted by atomic mass is 9.84. The van der Waals surface area contributed by atoms with Crippen LogP contribution in [-0.4, -0.2) is 35.2 Å². The number of likely N-dealkylation sites (tertiary alicyclic amines) is 1. The first kappa shape index (κ1) is 12.4. The zero-order valence-electron chi connectivity index (χ0n) is 11.1. The highest BCUT2D eigenvalue weighted by molar-refractivity contribution is 4.91. The summed E-state index contributed by atoms with van der Waals surface area (Å²) in [6.45, 7) is 8.62. The molecule has 94 valence electrons. The molecule has 0 spiro atoms. The first-order chi connectivity index (χ1) is 7.50. The Bertz CT molecular complexity index is 237. The van der Waals surface area contributed by atoms with E-state index in [4.69, 9.17) is 0 Å². The van der Waals surface area contributed by atoms with Crippen molar-refractivity contribution in [2.24, 2.45) is 11.3 Å². The summed E-state index contributed by atoms with van der Waals surface area (Å²) in [6, 6.07) is 0.826. The van der Waals surface area contributed by atoms with Gasteiger partial charge in [-0.25, -0.2) is 0 Å². The molecule has 2 rings (SSSR count). The summed E-state index contributed by atoms with van der Waals surface area (Å²) in [5.74, 6) is 0.957. The highest BCUT2D eigenvalue weighted by Gasteiger charge is 2.38. The van der Waals surface area contributed by atoms with Gasteiger partial charge in [0.1, 0.15) is 0 Å². The van der Waals surface area contributed by atoms with Crippen molar-refractivity contribution in [3.8, 4) is 0 Å².